The molecule has 0 nitrogen and oxygen atoms in total. The SMILES string of the molecule is CC1=CC=CC2[CH]([Zr+2]([C]3=C(C)C(C(C)(C)C)=CC3C)=[C](c3ccc(C(C)(C)C)cc3)c3ccc(C(C)(C)C)cc3)C3(C)C4(C)C=CC=CC4(C)C4(C)C=CC=CC4(C)C3(C)C12C.[Cl-].[Cl-]. The van der Waals surface area contributed by atoms with Crippen molar-refractivity contribution in [3.63, 3.8) is 0 Å². The summed E-state index contributed by atoms with van der Waals surface area (Å²) in [6.07, 6.45) is 30.8. The van der Waals surface area contributed by atoms with Crippen LogP contribution in [0.5, 0.6) is 0 Å². The Hall–Kier alpha value is -2.31. The van der Waals surface area contributed by atoms with E-state index < -0.39 is 21.3 Å². The fourth-order valence-corrected chi connectivity index (χ4v) is 27.8. The monoisotopic (exact) mass is 972 g/mol. The largest absolute Gasteiger partial charge is 1.00 e. The van der Waals surface area contributed by atoms with Gasteiger partial charge in [-0.2, -0.15) is 0 Å². The molecule has 0 spiro atoms. The maximum Gasteiger partial charge on any atom is -1.00 e. The number of rotatable bonds is 4. The summed E-state index contributed by atoms with van der Waals surface area (Å²) in [4.78, 5) is 0. The van der Waals surface area contributed by atoms with Crippen molar-refractivity contribution in [2.75, 3.05) is 0 Å². The zero-order valence-corrected chi connectivity index (χ0v) is 47.0. The first-order valence-corrected chi connectivity index (χ1v) is 27.9. The summed E-state index contributed by atoms with van der Waals surface area (Å²) >= 11 is -3.30. The van der Waals surface area contributed by atoms with E-state index in [0.29, 0.717) is 15.5 Å². The summed E-state index contributed by atoms with van der Waals surface area (Å²) in [5.41, 5.74) is 9.59. The Bertz CT molecular complexity index is 2430. The molecule has 10 unspecified atom stereocenters. The van der Waals surface area contributed by atoms with E-state index in [1.165, 1.54) is 22.3 Å². The maximum atomic E-state index is 2.86. The van der Waals surface area contributed by atoms with Crippen LogP contribution in [-0.2, 0) is 32.1 Å². The molecular formula is C61H80Cl2Zr. The van der Waals surface area contributed by atoms with E-state index in [2.05, 4.69) is 253 Å². The normalized spacial score (nSPS) is 37.0. The number of hydrogen-bond acceptors (Lipinski definition) is 0. The molecule has 6 aliphatic rings. The van der Waals surface area contributed by atoms with Gasteiger partial charge in [0.15, 0.2) is 0 Å². The second kappa shape index (κ2) is 15.9. The van der Waals surface area contributed by atoms with Crippen LogP contribution in [0.3, 0.4) is 0 Å². The van der Waals surface area contributed by atoms with E-state index in [1.807, 2.05) is 3.28 Å². The van der Waals surface area contributed by atoms with Gasteiger partial charge in [0.05, 0.1) is 0 Å². The smallest absolute Gasteiger partial charge is 1.00 e. The van der Waals surface area contributed by atoms with E-state index >= 15 is 0 Å². The molecule has 342 valence electrons. The summed E-state index contributed by atoms with van der Waals surface area (Å²) in [6, 6.07) is 20.0. The van der Waals surface area contributed by atoms with Gasteiger partial charge in [0.25, 0.3) is 0 Å². The maximum absolute atomic E-state index is 3.30. The van der Waals surface area contributed by atoms with Crippen molar-refractivity contribution < 1.29 is 46.1 Å². The minimum Gasteiger partial charge on any atom is -1.00 e. The zero-order valence-electron chi connectivity index (χ0n) is 43.0. The molecular weight excluding hydrogens is 895 g/mol. The first kappa shape index (κ1) is 51.1. The van der Waals surface area contributed by atoms with Crippen molar-refractivity contribution >= 4 is 3.21 Å². The van der Waals surface area contributed by atoms with Crippen molar-refractivity contribution in [1.82, 2.24) is 0 Å². The predicted molar refractivity (Wildman–Crippen MR) is 266 cm³/mol. The average Bonchev–Trinajstić information content (AvgIpc) is 3.58. The second-order valence-corrected chi connectivity index (χ2v) is 31.2. The molecule has 3 heteroatoms. The summed E-state index contributed by atoms with van der Waals surface area (Å²) < 4.78 is 3.94. The molecule has 0 aromatic heterocycles. The molecule has 2 aromatic carbocycles. The summed E-state index contributed by atoms with van der Waals surface area (Å²) in [6.45, 7) is 48.2. The van der Waals surface area contributed by atoms with Gasteiger partial charge < -0.3 is 24.8 Å². The Morgan fingerprint density at radius 1 is 0.547 bits per heavy atom. The van der Waals surface area contributed by atoms with Crippen LogP contribution in [0.15, 0.2) is 141 Å². The van der Waals surface area contributed by atoms with Crippen LogP contribution in [0.25, 0.3) is 0 Å². The van der Waals surface area contributed by atoms with E-state index in [4.69, 9.17) is 0 Å². The van der Waals surface area contributed by atoms with Gasteiger partial charge in [-0.05, 0) is 0 Å². The number of halogens is 2. The molecule has 0 heterocycles. The fourth-order valence-electron chi connectivity index (χ4n) is 15.6. The molecule has 0 N–H and O–H groups in total. The van der Waals surface area contributed by atoms with Gasteiger partial charge in [-0.1, -0.05) is 0 Å². The minimum atomic E-state index is -3.30. The number of benzene rings is 2. The fraction of sp³-hybridized carbons (Fsp3) is 0.525. The Labute approximate surface area is 411 Å². The molecule has 0 saturated heterocycles. The number of fused-ring (bicyclic) bond motifs is 8. The molecule has 0 bridgehead atoms. The number of allylic oxidation sites excluding steroid dienone is 16. The second-order valence-electron chi connectivity index (χ2n) is 25.1. The third-order valence-corrected chi connectivity index (χ3v) is 30.0. The Morgan fingerprint density at radius 2 is 0.969 bits per heavy atom. The van der Waals surface area contributed by atoms with Gasteiger partial charge in [-0.3, -0.25) is 0 Å². The first-order chi connectivity index (χ1) is 28.5. The Morgan fingerprint density at radius 3 is 1.39 bits per heavy atom. The van der Waals surface area contributed by atoms with Crippen LogP contribution in [-0.4, -0.2) is 3.21 Å². The zero-order chi connectivity index (χ0) is 45.6. The van der Waals surface area contributed by atoms with Crippen LogP contribution in [0.4, 0.5) is 0 Å². The third-order valence-electron chi connectivity index (χ3n) is 19.9. The van der Waals surface area contributed by atoms with Crippen molar-refractivity contribution in [1.29, 1.82) is 0 Å². The molecule has 8 rings (SSSR count). The van der Waals surface area contributed by atoms with Crippen LogP contribution >= 0.6 is 0 Å². The molecule has 2 fully saturated rings. The first-order valence-electron chi connectivity index (χ1n) is 24.0. The predicted octanol–water partition coefficient (Wildman–Crippen LogP) is 10.6. The van der Waals surface area contributed by atoms with E-state index in [1.54, 1.807) is 19.9 Å². The van der Waals surface area contributed by atoms with Crippen LogP contribution in [0.1, 0.15) is 154 Å². The van der Waals surface area contributed by atoms with Crippen LogP contribution in [0, 0.1) is 55.2 Å². The third kappa shape index (κ3) is 6.30. The molecule has 6 aliphatic carbocycles. The van der Waals surface area contributed by atoms with Gasteiger partial charge in [0, 0.05) is 0 Å². The summed E-state index contributed by atoms with van der Waals surface area (Å²) in [5, 5.41) is 0. The number of hydrogen-bond donors (Lipinski definition) is 0. The molecule has 0 amide bonds. The van der Waals surface area contributed by atoms with Crippen molar-refractivity contribution in [3.8, 4) is 0 Å². The molecule has 10 atom stereocenters. The van der Waals surface area contributed by atoms with Gasteiger partial charge in [-0.15, -0.1) is 0 Å². The van der Waals surface area contributed by atoms with E-state index in [-0.39, 0.29) is 79.0 Å². The Kier molecular flexibility index (Phi) is 12.7. The molecule has 2 saturated carbocycles. The van der Waals surface area contributed by atoms with Crippen molar-refractivity contribution in [2.45, 2.75) is 146 Å². The average molecular weight is 975 g/mol. The molecule has 2 aromatic rings. The summed E-state index contributed by atoms with van der Waals surface area (Å²) in [5.74, 6) is 0.741. The standard InChI is InChI=1S/C29H37.C21H26.C11H17.2ClH.Zr/c1-21-14-13-15-22-20-27(6)25(4)18-10-9-16-23(25,2)24(3)17-11-12-19-26(24,5)29(27,8)28(21,22)7;1-20(2,3)18-11-7-16(8-12-18)15-17-9-13-19(14-10-17)21(4,5)6;1-8-6-9(2)10(7-8)11(3,4)5;;;/h9-20,22H,1-8H3;7-14H,1-6H3;7-8H,1-5H3;2*1H;/q;;;;;+2/p-2. The topological polar surface area (TPSA) is 0 Å². The summed E-state index contributed by atoms with van der Waals surface area (Å²) in [7, 11) is 0. The van der Waals surface area contributed by atoms with Crippen LogP contribution in [0.2, 0.25) is 3.63 Å². The van der Waals surface area contributed by atoms with E-state index in [9.17, 15) is 0 Å². The molecule has 0 radical (unpaired) electrons. The molecule has 64 heavy (non-hydrogen) atoms. The van der Waals surface area contributed by atoms with Crippen molar-refractivity contribution in [2.24, 2.45) is 55.2 Å². The minimum absolute atomic E-state index is 0. The van der Waals surface area contributed by atoms with Gasteiger partial charge in [0.1, 0.15) is 0 Å². The van der Waals surface area contributed by atoms with Gasteiger partial charge >= 0.3 is 389 Å². The van der Waals surface area contributed by atoms with Crippen molar-refractivity contribution in [3.05, 3.63) is 164 Å². The molecule has 0 aliphatic heterocycles. The Balaban J connectivity index is 0.00000340. The van der Waals surface area contributed by atoms with Crippen LogP contribution < -0.4 is 24.8 Å². The van der Waals surface area contributed by atoms with Gasteiger partial charge in [-0.25, -0.2) is 0 Å². The quantitative estimate of drug-likeness (QED) is 0.286. The van der Waals surface area contributed by atoms with Gasteiger partial charge in [0.2, 0.25) is 0 Å². The van der Waals surface area contributed by atoms with E-state index in [0.717, 1.165) is 0 Å².